The van der Waals surface area contributed by atoms with Gasteiger partial charge in [0, 0.05) is 23.0 Å². The second-order valence-electron chi connectivity index (χ2n) is 3.89. The number of carbonyl (C=O) groups excluding carboxylic acids is 1. The van der Waals surface area contributed by atoms with E-state index in [0.717, 1.165) is 0 Å². The number of hydrogen-bond acceptors (Lipinski definition) is 2. The van der Waals surface area contributed by atoms with Crippen molar-refractivity contribution in [1.82, 2.24) is 9.55 Å². The van der Waals surface area contributed by atoms with Crippen LogP contribution in [-0.2, 0) is 4.79 Å². The van der Waals surface area contributed by atoms with E-state index in [1.54, 1.807) is 23.8 Å². The lowest BCUT2D eigenvalue weighted by molar-refractivity contribution is -0.120. The Morgan fingerprint density at radius 2 is 2.22 bits per heavy atom. The van der Waals surface area contributed by atoms with Gasteiger partial charge in [-0.1, -0.05) is 11.6 Å². The van der Waals surface area contributed by atoms with E-state index in [9.17, 15) is 9.18 Å². The summed E-state index contributed by atoms with van der Waals surface area (Å²) in [6, 6.07) is 3.52. The minimum atomic E-state index is -0.565. The third kappa shape index (κ3) is 2.36. The fourth-order valence-electron chi connectivity index (χ4n) is 1.67. The largest absolute Gasteiger partial charge is 0.368 e. The highest BCUT2D eigenvalue weighted by Gasteiger charge is 2.16. The van der Waals surface area contributed by atoms with E-state index in [2.05, 4.69) is 4.98 Å². The lowest BCUT2D eigenvalue weighted by Crippen LogP contribution is -2.24. The Morgan fingerprint density at radius 3 is 2.83 bits per heavy atom. The number of nitrogens with two attached hydrogens (primary N) is 1. The monoisotopic (exact) mass is 267 g/mol. The summed E-state index contributed by atoms with van der Waals surface area (Å²) in [5, 5.41) is 0.270. The van der Waals surface area contributed by atoms with Crippen molar-refractivity contribution < 1.29 is 9.18 Å². The average Bonchev–Trinajstić information content (AvgIpc) is 2.75. The summed E-state index contributed by atoms with van der Waals surface area (Å²) in [5.41, 5.74) is 5.74. The van der Waals surface area contributed by atoms with Crippen molar-refractivity contribution in [2.75, 3.05) is 0 Å². The van der Waals surface area contributed by atoms with Crippen LogP contribution in [0.15, 0.2) is 30.6 Å². The smallest absolute Gasteiger partial charge is 0.240 e. The predicted molar refractivity (Wildman–Crippen MR) is 66.5 cm³/mol. The summed E-state index contributed by atoms with van der Waals surface area (Å²) in [5.74, 6) is -0.502. The maximum atomic E-state index is 13.3. The Hall–Kier alpha value is -1.88. The van der Waals surface area contributed by atoms with Crippen molar-refractivity contribution in [3.63, 3.8) is 0 Å². The molecule has 1 heterocycles. The van der Waals surface area contributed by atoms with Gasteiger partial charge in [0.25, 0.3) is 0 Å². The summed E-state index contributed by atoms with van der Waals surface area (Å²) in [7, 11) is 0. The van der Waals surface area contributed by atoms with Crippen LogP contribution in [0.4, 0.5) is 4.39 Å². The summed E-state index contributed by atoms with van der Waals surface area (Å²) in [4.78, 5) is 15.3. The molecule has 1 atom stereocenters. The normalized spacial score (nSPS) is 12.4. The minimum absolute atomic E-state index is 0.270. The Morgan fingerprint density at radius 1 is 1.50 bits per heavy atom. The predicted octanol–water partition coefficient (Wildman–Crippen LogP) is 2.39. The van der Waals surface area contributed by atoms with Gasteiger partial charge < -0.3 is 10.3 Å². The zero-order valence-corrected chi connectivity index (χ0v) is 10.4. The van der Waals surface area contributed by atoms with E-state index in [-0.39, 0.29) is 5.02 Å². The molecule has 0 aliphatic carbocycles. The van der Waals surface area contributed by atoms with Gasteiger partial charge in [-0.3, -0.25) is 4.79 Å². The van der Waals surface area contributed by atoms with E-state index in [1.165, 1.54) is 18.3 Å². The molecule has 2 N–H and O–H groups in total. The molecular formula is C12H11ClFN3O. The van der Waals surface area contributed by atoms with E-state index >= 15 is 0 Å². The fraction of sp³-hybridized carbons (Fsp3) is 0.167. The SMILES string of the molecule is C[C@H](C(N)=O)n1ccnc1-c1cc(F)cc(Cl)c1. The van der Waals surface area contributed by atoms with Gasteiger partial charge >= 0.3 is 0 Å². The number of carbonyl (C=O) groups is 1. The molecule has 2 rings (SSSR count). The van der Waals surface area contributed by atoms with Crippen molar-refractivity contribution in [2.24, 2.45) is 5.73 Å². The third-order valence-electron chi connectivity index (χ3n) is 2.62. The molecular weight excluding hydrogens is 257 g/mol. The number of hydrogen-bond donors (Lipinski definition) is 1. The van der Waals surface area contributed by atoms with Gasteiger partial charge in [0.05, 0.1) is 0 Å². The van der Waals surface area contributed by atoms with Crippen LogP contribution >= 0.6 is 11.6 Å². The van der Waals surface area contributed by atoms with Crippen molar-refractivity contribution in [2.45, 2.75) is 13.0 Å². The van der Waals surface area contributed by atoms with Crippen LogP contribution < -0.4 is 5.73 Å². The molecule has 0 fully saturated rings. The Bertz CT molecular complexity index is 577. The van der Waals surface area contributed by atoms with Crippen molar-refractivity contribution in [3.8, 4) is 11.4 Å². The number of aromatic nitrogens is 2. The molecule has 1 amide bonds. The molecule has 0 bridgehead atoms. The zero-order chi connectivity index (χ0) is 13.3. The van der Waals surface area contributed by atoms with E-state index in [4.69, 9.17) is 17.3 Å². The van der Waals surface area contributed by atoms with Gasteiger partial charge in [-0.25, -0.2) is 9.37 Å². The van der Waals surface area contributed by atoms with Crippen LogP contribution in [0.3, 0.4) is 0 Å². The number of benzene rings is 1. The Labute approximate surface area is 108 Å². The molecule has 0 spiro atoms. The molecule has 1 aromatic heterocycles. The topological polar surface area (TPSA) is 60.9 Å². The highest BCUT2D eigenvalue weighted by atomic mass is 35.5. The maximum Gasteiger partial charge on any atom is 0.240 e. The van der Waals surface area contributed by atoms with Crippen LogP contribution in [0.1, 0.15) is 13.0 Å². The van der Waals surface area contributed by atoms with Gasteiger partial charge in [-0.2, -0.15) is 0 Å². The molecule has 2 aromatic rings. The number of rotatable bonds is 3. The second-order valence-corrected chi connectivity index (χ2v) is 4.33. The number of amides is 1. The molecule has 94 valence electrons. The first kappa shape index (κ1) is 12.6. The first-order chi connectivity index (χ1) is 8.49. The zero-order valence-electron chi connectivity index (χ0n) is 9.60. The maximum absolute atomic E-state index is 13.3. The van der Waals surface area contributed by atoms with Crippen molar-refractivity contribution in [3.05, 3.63) is 41.4 Å². The van der Waals surface area contributed by atoms with Crippen LogP contribution in [0.25, 0.3) is 11.4 Å². The molecule has 18 heavy (non-hydrogen) atoms. The lowest BCUT2D eigenvalue weighted by Gasteiger charge is -2.13. The highest BCUT2D eigenvalue weighted by Crippen LogP contribution is 2.25. The van der Waals surface area contributed by atoms with Crippen LogP contribution in [0.5, 0.6) is 0 Å². The van der Waals surface area contributed by atoms with Crippen LogP contribution in [0.2, 0.25) is 5.02 Å². The second kappa shape index (κ2) is 4.78. The van der Waals surface area contributed by atoms with E-state index in [0.29, 0.717) is 11.4 Å². The van der Waals surface area contributed by atoms with Crippen LogP contribution in [-0.4, -0.2) is 15.5 Å². The lowest BCUT2D eigenvalue weighted by atomic mass is 10.2. The standard InChI is InChI=1S/C12H11ClFN3O/c1-7(11(15)18)17-3-2-16-12(17)8-4-9(13)6-10(14)5-8/h2-7H,1H3,(H2,15,18)/t7-/m1/s1. The molecule has 0 saturated heterocycles. The Kier molecular flexibility index (Phi) is 3.34. The van der Waals surface area contributed by atoms with Gasteiger partial charge in [-0.05, 0) is 25.1 Å². The van der Waals surface area contributed by atoms with Gasteiger partial charge in [-0.15, -0.1) is 0 Å². The van der Waals surface area contributed by atoms with Crippen LogP contribution in [0, 0.1) is 5.82 Å². The van der Waals surface area contributed by atoms with Gasteiger partial charge in [0.15, 0.2) is 0 Å². The fourth-order valence-corrected chi connectivity index (χ4v) is 1.89. The van der Waals surface area contributed by atoms with Gasteiger partial charge in [0.1, 0.15) is 17.7 Å². The number of primary amides is 1. The van der Waals surface area contributed by atoms with E-state index < -0.39 is 17.8 Å². The number of nitrogens with zero attached hydrogens (tertiary/aromatic N) is 2. The summed E-state index contributed by atoms with van der Waals surface area (Å²) < 4.78 is 14.9. The molecule has 0 saturated carbocycles. The quantitative estimate of drug-likeness (QED) is 0.928. The number of halogens is 2. The summed E-state index contributed by atoms with van der Waals surface area (Å²) in [6.07, 6.45) is 3.14. The molecule has 4 nitrogen and oxygen atoms in total. The first-order valence-electron chi connectivity index (χ1n) is 5.27. The minimum Gasteiger partial charge on any atom is -0.368 e. The molecule has 0 aliphatic heterocycles. The van der Waals surface area contributed by atoms with Crippen molar-refractivity contribution >= 4 is 17.5 Å². The first-order valence-corrected chi connectivity index (χ1v) is 5.65. The molecule has 0 radical (unpaired) electrons. The number of imidazole rings is 1. The summed E-state index contributed by atoms with van der Waals surface area (Å²) >= 11 is 5.79. The molecule has 1 aromatic carbocycles. The highest BCUT2D eigenvalue weighted by molar-refractivity contribution is 6.30. The molecule has 6 heteroatoms. The summed E-state index contributed by atoms with van der Waals surface area (Å²) in [6.45, 7) is 1.65. The molecule has 0 aliphatic rings. The van der Waals surface area contributed by atoms with E-state index in [1.807, 2.05) is 0 Å². The molecule has 0 unspecified atom stereocenters. The van der Waals surface area contributed by atoms with Gasteiger partial charge in [0.2, 0.25) is 5.91 Å². The van der Waals surface area contributed by atoms with Crippen molar-refractivity contribution in [1.29, 1.82) is 0 Å². The third-order valence-corrected chi connectivity index (χ3v) is 2.84. The Balaban J connectivity index is 2.51. The average molecular weight is 268 g/mol.